The summed E-state index contributed by atoms with van der Waals surface area (Å²) in [7, 11) is 0. The van der Waals surface area contributed by atoms with Crippen LogP contribution in [0.25, 0.3) is 11.3 Å². The van der Waals surface area contributed by atoms with Crippen molar-refractivity contribution in [3.05, 3.63) is 60.6 Å². The minimum absolute atomic E-state index is 0.0321. The Morgan fingerprint density at radius 1 is 1.08 bits per heavy atom. The van der Waals surface area contributed by atoms with Gasteiger partial charge in [0.25, 0.3) is 5.91 Å². The number of amides is 1. The summed E-state index contributed by atoms with van der Waals surface area (Å²) in [6, 6.07) is 15.3. The summed E-state index contributed by atoms with van der Waals surface area (Å²) < 4.78 is 6.12. The molecule has 25 heavy (non-hydrogen) atoms. The quantitative estimate of drug-likeness (QED) is 0.765. The molecule has 6 nitrogen and oxygen atoms in total. The van der Waals surface area contributed by atoms with Crippen LogP contribution >= 0.6 is 0 Å². The first-order chi connectivity index (χ1) is 12.3. The predicted octanol–water partition coefficient (Wildman–Crippen LogP) is 2.07. The van der Waals surface area contributed by atoms with Gasteiger partial charge < -0.3 is 19.9 Å². The van der Waals surface area contributed by atoms with Crippen molar-refractivity contribution >= 4 is 5.91 Å². The maximum atomic E-state index is 13.2. The van der Waals surface area contributed by atoms with Gasteiger partial charge in [0, 0.05) is 31.7 Å². The molecule has 1 aliphatic carbocycles. The van der Waals surface area contributed by atoms with Gasteiger partial charge in [-0.3, -0.25) is 4.79 Å². The predicted molar refractivity (Wildman–Crippen MR) is 94.5 cm³/mol. The summed E-state index contributed by atoms with van der Waals surface area (Å²) in [6.07, 6.45) is 0.887. The number of carbonyl (C=O) groups excluding carboxylic acids is 1. The summed E-state index contributed by atoms with van der Waals surface area (Å²) in [6.45, 7) is 2.97. The highest BCUT2D eigenvalue weighted by Gasteiger charge is 2.32. The van der Waals surface area contributed by atoms with E-state index in [9.17, 15) is 4.79 Å². The molecule has 1 unspecified atom stereocenters. The molecule has 0 bridgehead atoms. The third-order valence-corrected chi connectivity index (χ3v) is 4.42. The Balaban J connectivity index is 1.70. The fraction of sp³-hybridized carbons (Fsp3) is 0.263. The van der Waals surface area contributed by atoms with E-state index in [4.69, 9.17) is 4.74 Å². The summed E-state index contributed by atoms with van der Waals surface area (Å²) in [4.78, 5) is 22.5. The van der Waals surface area contributed by atoms with E-state index in [1.54, 1.807) is 6.33 Å². The number of aromatic amines is 1. The largest absolute Gasteiger partial charge is 0.474 e. The van der Waals surface area contributed by atoms with Gasteiger partial charge in [-0.1, -0.05) is 30.3 Å². The maximum absolute atomic E-state index is 13.2. The van der Waals surface area contributed by atoms with Crippen molar-refractivity contribution in [3.63, 3.8) is 0 Å². The molecule has 0 aromatic heterocycles. The van der Waals surface area contributed by atoms with Crippen LogP contribution < -0.4 is 10.1 Å². The van der Waals surface area contributed by atoms with Crippen LogP contribution in [-0.4, -0.2) is 47.0 Å². The Labute approximate surface area is 146 Å². The average Bonchev–Trinajstić information content (AvgIpc) is 3.16. The van der Waals surface area contributed by atoms with Crippen LogP contribution in [0, 0.1) is 0 Å². The molecule has 128 valence electrons. The number of ether oxygens (including phenoxy) is 1. The first-order valence-electron chi connectivity index (χ1n) is 8.46. The van der Waals surface area contributed by atoms with E-state index in [0.29, 0.717) is 18.8 Å². The van der Waals surface area contributed by atoms with Gasteiger partial charge in [-0.2, -0.15) is 0 Å². The molecule has 3 aliphatic rings. The fourth-order valence-electron chi connectivity index (χ4n) is 3.14. The summed E-state index contributed by atoms with van der Waals surface area (Å²) in [5.41, 5.74) is 2.50. The Morgan fingerprint density at radius 2 is 1.88 bits per heavy atom. The molecule has 6 heteroatoms. The topological polar surface area (TPSA) is 70.2 Å². The molecule has 0 saturated carbocycles. The van der Waals surface area contributed by atoms with Gasteiger partial charge in [-0.15, -0.1) is 0 Å². The molecular formula is C19H20N4O2. The van der Waals surface area contributed by atoms with E-state index in [1.165, 1.54) is 0 Å². The number of nitrogens with zero attached hydrogens (tertiary/aromatic N) is 2. The average molecular weight is 336 g/mol. The lowest BCUT2D eigenvalue weighted by Gasteiger charge is -2.31. The lowest BCUT2D eigenvalue weighted by molar-refractivity contribution is -0.139. The summed E-state index contributed by atoms with van der Waals surface area (Å²) in [5.74, 6) is 0.635. The van der Waals surface area contributed by atoms with Crippen molar-refractivity contribution < 1.29 is 9.53 Å². The number of piperazine rings is 1. The van der Waals surface area contributed by atoms with Gasteiger partial charge >= 0.3 is 0 Å². The highest BCUT2D eigenvalue weighted by Crippen LogP contribution is 2.31. The number of fused-ring (bicyclic) bond motifs is 1. The zero-order valence-electron chi connectivity index (χ0n) is 13.8. The van der Waals surface area contributed by atoms with Crippen molar-refractivity contribution in [1.82, 2.24) is 20.2 Å². The Kier molecular flexibility index (Phi) is 4.35. The lowest BCUT2D eigenvalue weighted by atomic mass is 10.1. The van der Waals surface area contributed by atoms with Crippen molar-refractivity contribution in [2.75, 3.05) is 26.2 Å². The highest BCUT2D eigenvalue weighted by molar-refractivity contribution is 5.85. The van der Waals surface area contributed by atoms with E-state index in [-0.39, 0.29) is 5.91 Å². The minimum atomic E-state index is -0.728. The molecule has 1 atom stereocenters. The third-order valence-electron chi connectivity index (χ3n) is 4.42. The van der Waals surface area contributed by atoms with Gasteiger partial charge in [-0.25, -0.2) is 4.98 Å². The first kappa shape index (κ1) is 15.7. The fourth-order valence-corrected chi connectivity index (χ4v) is 3.14. The number of para-hydroxylation sites is 1. The minimum Gasteiger partial charge on any atom is -0.474 e. The molecule has 2 N–H and O–H groups in total. The van der Waals surface area contributed by atoms with Gasteiger partial charge in [0.1, 0.15) is 5.75 Å². The number of H-pyrrole nitrogens is 1. The van der Waals surface area contributed by atoms with Crippen LogP contribution in [0.2, 0.25) is 0 Å². The van der Waals surface area contributed by atoms with E-state index < -0.39 is 6.10 Å². The van der Waals surface area contributed by atoms with Gasteiger partial charge in [-0.05, 0) is 18.2 Å². The SMILES string of the molecule is O=C(C(Oc1ccccc1)c1[nH]cnc2cccc1-2)N1CCNCC1. The number of benzene rings is 1. The molecule has 1 amide bonds. The normalized spacial score (nSPS) is 15.9. The van der Waals surface area contributed by atoms with Crippen molar-refractivity contribution in [2.24, 2.45) is 0 Å². The lowest BCUT2D eigenvalue weighted by Crippen LogP contribution is -2.49. The summed E-state index contributed by atoms with van der Waals surface area (Å²) in [5, 5.41) is 3.27. The Hall–Kier alpha value is -2.86. The standard InChI is InChI=1S/C19H20N4O2/c24-19(23-11-9-20-10-12-23)18(25-14-5-2-1-3-6-14)17-15-7-4-8-16(15)21-13-22-17/h1-8,13,18,20H,9-12H2,(H,21,22). The molecule has 0 radical (unpaired) electrons. The Bertz CT molecular complexity index is 811. The second-order valence-electron chi connectivity index (χ2n) is 6.03. The van der Waals surface area contributed by atoms with E-state index >= 15 is 0 Å². The molecule has 1 fully saturated rings. The Morgan fingerprint density at radius 3 is 2.68 bits per heavy atom. The molecule has 0 spiro atoms. The molecule has 2 aliphatic heterocycles. The number of hydrogen-bond donors (Lipinski definition) is 2. The van der Waals surface area contributed by atoms with Crippen LogP contribution in [-0.2, 0) is 4.79 Å². The van der Waals surface area contributed by atoms with Gasteiger partial charge in [0.15, 0.2) is 0 Å². The number of hydrogen-bond acceptors (Lipinski definition) is 4. The molecule has 2 heterocycles. The van der Waals surface area contributed by atoms with Crippen LogP contribution in [0.3, 0.4) is 0 Å². The monoisotopic (exact) mass is 336 g/mol. The number of nitrogens with one attached hydrogen (secondary N) is 2. The van der Waals surface area contributed by atoms with Crippen LogP contribution in [0.1, 0.15) is 11.8 Å². The third kappa shape index (κ3) is 3.21. The van der Waals surface area contributed by atoms with Gasteiger partial charge in [0.05, 0.1) is 17.7 Å². The molecule has 1 aromatic carbocycles. The van der Waals surface area contributed by atoms with E-state index in [0.717, 1.165) is 30.0 Å². The zero-order valence-corrected chi connectivity index (χ0v) is 13.8. The molecule has 1 aromatic rings. The smallest absolute Gasteiger partial charge is 0.270 e. The maximum Gasteiger partial charge on any atom is 0.270 e. The van der Waals surface area contributed by atoms with Crippen LogP contribution in [0.4, 0.5) is 0 Å². The number of carbonyl (C=O) groups is 1. The molecular weight excluding hydrogens is 316 g/mol. The van der Waals surface area contributed by atoms with Crippen molar-refractivity contribution in [3.8, 4) is 17.0 Å². The van der Waals surface area contributed by atoms with E-state index in [1.807, 2.05) is 53.4 Å². The molecule has 1 saturated heterocycles. The van der Waals surface area contributed by atoms with Crippen molar-refractivity contribution in [1.29, 1.82) is 0 Å². The second kappa shape index (κ2) is 6.94. The van der Waals surface area contributed by atoms with Gasteiger partial charge in [0.2, 0.25) is 6.10 Å². The van der Waals surface area contributed by atoms with Crippen LogP contribution in [0.5, 0.6) is 5.75 Å². The first-order valence-corrected chi connectivity index (χ1v) is 8.46. The zero-order chi connectivity index (χ0) is 17.1. The highest BCUT2D eigenvalue weighted by atomic mass is 16.5. The van der Waals surface area contributed by atoms with E-state index in [2.05, 4.69) is 15.3 Å². The number of aromatic nitrogens is 2. The number of rotatable bonds is 4. The van der Waals surface area contributed by atoms with Crippen molar-refractivity contribution in [2.45, 2.75) is 6.10 Å². The molecule has 4 rings (SSSR count). The van der Waals surface area contributed by atoms with Crippen LogP contribution in [0.15, 0.2) is 54.9 Å². The summed E-state index contributed by atoms with van der Waals surface area (Å²) >= 11 is 0. The second-order valence-corrected chi connectivity index (χ2v) is 6.03.